The van der Waals surface area contributed by atoms with Crippen LogP contribution in [0.4, 0.5) is 4.79 Å². The van der Waals surface area contributed by atoms with Crippen molar-refractivity contribution in [3.8, 4) is 0 Å². The molecule has 0 saturated carbocycles. The van der Waals surface area contributed by atoms with Gasteiger partial charge in [-0.25, -0.2) is 4.79 Å². The minimum Gasteiger partial charge on any atom is -0.308 e. The highest BCUT2D eigenvalue weighted by atomic mass is 35.5. The van der Waals surface area contributed by atoms with Crippen LogP contribution in [0.2, 0.25) is 0 Å². The van der Waals surface area contributed by atoms with Crippen molar-refractivity contribution in [2.75, 3.05) is 12.4 Å². The predicted octanol–water partition coefficient (Wildman–Crippen LogP) is 2.85. The van der Waals surface area contributed by atoms with Crippen molar-refractivity contribution in [1.82, 2.24) is 10.2 Å². The number of imide groups is 1. The zero-order valence-corrected chi connectivity index (χ0v) is 14.2. The Kier molecular flexibility index (Phi) is 9.81. The molecule has 0 radical (unpaired) electrons. The summed E-state index contributed by atoms with van der Waals surface area (Å²) in [6, 6.07) is 9.04. The summed E-state index contributed by atoms with van der Waals surface area (Å²) in [4.78, 5) is 29.0. The largest absolute Gasteiger partial charge is 0.326 e. The summed E-state index contributed by atoms with van der Waals surface area (Å²) >= 11 is 5.58. The van der Waals surface area contributed by atoms with E-state index in [0.717, 1.165) is 12.0 Å². The average Bonchev–Trinajstić information content (AvgIpc) is 2.74. The van der Waals surface area contributed by atoms with E-state index in [0.29, 0.717) is 18.8 Å². The molecule has 0 aliphatic carbocycles. The lowest BCUT2D eigenvalue weighted by atomic mass is 10.2. The first-order chi connectivity index (χ1) is 9.72. The quantitative estimate of drug-likeness (QED) is 0.364. The van der Waals surface area contributed by atoms with Crippen molar-refractivity contribution in [1.29, 1.82) is 0 Å². The second-order valence-electron chi connectivity index (χ2n) is 4.43. The van der Waals surface area contributed by atoms with Crippen LogP contribution in [0.5, 0.6) is 0 Å². The maximum absolute atomic E-state index is 12.0. The molecular formula is C14H18Cl3N3O2. The van der Waals surface area contributed by atoms with Gasteiger partial charge >= 0.3 is 6.03 Å². The van der Waals surface area contributed by atoms with Gasteiger partial charge in [-0.1, -0.05) is 30.3 Å². The fourth-order valence-corrected chi connectivity index (χ4v) is 2.07. The number of benzene rings is 1. The maximum atomic E-state index is 12.0. The number of hydrogen-bond acceptors (Lipinski definition) is 3. The molecule has 1 aliphatic heterocycles. The van der Waals surface area contributed by atoms with E-state index in [4.69, 9.17) is 11.6 Å². The van der Waals surface area contributed by atoms with Crippen LogP contribution in [-0.4, -0.2) is 41.6 Å². The number of halogens is 3. The molecule has 1 unspecified atom stereocenters. The van der Waals surface area contributed by atoms with E-state index in [2.05, 4.69) is 10.3 Å². The van der Waals surface area contributed by atoms with E-state index >= 15 is 0 Å². The Hall–Kier alpha value is -1.30. The second-order valence-corrected chi connectivity index (χ2v) is 4.80. The van der Waals surface area contributed by atoms with Crippen LogP contribution in [0.3, 0.4) is 0 Å². The van der Waals surface area contributed by atoms with E-state index < -0.39 is 6.17 Å². The number of hydrogen-bond donors (Lipinski definition) is 1. The number of carbonyl (C=O) groups excluding carboxylic acids is 2. The molecular weight excluding hydrogens is 349 g/mol. The highest BCUT2D eigenvalue weighted by molar-refractivity contribution is 6.17. The standard InChI is InChI=1S/C14H16ClN3O2.2ClH/c15-8-4-5-9-18-13(19)12(17-14(18)20)16-10-11-6-2-1-3-7-11;;/h1-3,6-7,10,12H,4-5,8-9H2,(H,17,20);2*1H. The van der Waals surface area contributed by atoms with E-state index in [1.807, 2.05) is 30.3 Å². The lowest BCUT2D eigenvalue weighted by molar-refractivity contribution is -0.127. The molecule has 0 aromatic heterocycles. The van der Waals surface area contributed by atoms with Crippen molar-refractivity contribution >= 4 is 54.6 Å². The molecule has 1 N–H and O–H groups in total. The third-order valence-electron chi connectivity index (χ3n) is 2.94. The summed E-state index contributed by atoms with van der Waals surface area (Å²) < 4.78 is 0. The zero-order chi connectivity index (χ0) is 14.4. The Morgan fingerprint density at radius 1 is 1.18 bits per heavy atom. The lowest BCUT2D eigenvalue weighted by Crippen LogP contribution is -2.32. The minimum absolute atomic E-state index is 0. The van der Waals surface area contributed by atoms with Gasteiger partial charge in [0.25, 0.3) is 5.91 Å². The smallest absolute Gasteiger partial charge is 0.308 e. The molecule has 8 heteroatoms. The van der Waals surface area contributed by atoms with E-state index in [1.54, 1.807) is 6.21 Å². The first kappa shape index (κ1) is 20.7. The Labute approximate surface area is 146 Å². The second kappa shape index (κ2) is 10.4. The molecule has 0 spiro atoms. The Balaban J connectivity index is 0.00000220. The molecule has 2 rings (SSSR count). The molecule has 0 bridgehead atoms. The monoisotopic (exact) mass is 365 g/mol. The van der Waals surface area contributed by atoms with E-state index in [9.17, 15) is 9.59 Å². The van der Waals surface area contributed by atoms with Crippen molar-refractivity contribution in [3.05, 3.63) is 35.9 Å². The number of carbonyl (C=O) groups is 2. The van der Waals surface area contributed by atoms with E-state index in [-0.39, 0.29) is 36.8 Å². The molecule has 1 heterocycles. The summed E-state index contributed by atoms with van der Waals surface area (Å²) in [5, 5.41) is 2.56. The highest BCUT2D eigenvalue weighted by Crippen LogP contribution is 2.09. The van der Waals surface area contributed by atoms with Crippen molar-refractivity contribution in [2.24, 2.45) is 4.99 Å². The Bertz CT molecular complexity index is 511. The summed E-state index contributed by atoms with van der Waals surface area (Å²) in [7, 11) is 0. The molecule has 1 saturated heterocycles. The van der Waals surface area contributed by atoms with Crippen LogP contribution in [0, 0.1) is 0 Å². The lowest BCUT2D eigenvalue weighted by Gasteiger charge is -2.10. The SMILES string of the molecule is Cl.Cl.O=C1NC(N=Cc2ccccc2)C(=O)N1CCCCCl. The third-order valence-corrected chi connectivity index (χ3v) is 3.21. The van der Waals surface area contributed by atoms with E-state index in [1.165, 1.54) is 4.90 Å². The van der Waals surface area contributed by atoms with Crippen LogP contribution < -0.4 is 5.32 Å². The van der Waals surface area contributed by atoms with Crippen LogP contribution >= 0.6 is 36.4 Å². The van der Waals surface area contributed by atoms with Gasteiger partial charge in [0.15, 0.2) is 0 Å². The summed E-state index contributed by atoms with van der Waals surface area (Å²) in [5.74, 6) is 0.218. The van der Waals surface area contributed by atoms with Gasteiger partial charge < -0.3 is 5.32 Å². The average molecular weight is 367 g/mol. The number of rotatable bonds is 6. The molecule has 1 atom stereocenters. The van der Waals surface area contributed by atoms with Gasteiger partial charge in [-0.05, 0) is 18.4 Å². The van der Waals surface area contributed by atoms with Gasteiger partial charge in [-0.15, -0.1) is 36.4 Å². The Morgan fingerprint density at radius 3 is 2.50 bits per heavy atom. The first-order valence-electron chi connectivity index (χ1n) is 6.48. The van der Waals surface area contributed by atoms with Crippen molar-refractivity contribution in [3.63, 3.8) is 0 Å². The number of amides is 3. The third kappa shape index (κ3) is 5.48. The predicted molar refractivity (Wildman–Crippen MR) is 92.5 cm³/mol. The van der Waals surface area contributed by atoms with Crippen molar-refractivity contribution < 1.29 is 9.59 Å². The summed E-state index contributed by atoms with van der Waals surface area (Å²) in [6.07, 6.45) is 2.25. The van der Waals surface area contributed by atoms with Crippen LogP contribution in [-0.2, 0) is 4.79 Å². The topological polar surface area (TPSA) is 61.8 Å². The van der Waals surface area contributed by atoms with Gasteiger partial charge in [0, 0.05) is 18.6 Å². The molecule has 1 aromatic rings. The van der Waals surface area contributed by atoms with Gasteiger partial charge in [0.1, 0.15) is 0 Å². The summed E-state index contributed by atoms with van der Waals surface area (Å²) in [5.41, 5.74) is 0.884. The number of unbranched alkanes of at least 4 members (excludes halogenated alkanes) is 1. The number of nitrogens with zero attached hydrogens (tertiary/aromatic N) is 2. The van der Waals surface area contributed by atoms with Crippen LogP contribution in [0.15, 0.2) is 35.3 Å². The van der Waals surface area contributed by atoms with Gasteiger partial charge in [-0.3, -0.25) is 14.7 Å². The molecule has 1 aromatic carbocycles. The molecule has 5 nitrogen and oxygen atoms in total. The molecule has 1 fully saturated rings. The molecule has 1 aliphatic rings. The van der Waals surface area contributed by atoms with Gasteiger partial charge in [-0.2, -0.15) is 0 Å². The fraction of sp³-hybridized carbons (Fsp3) is 0.357. The van der Waals surface area contributed by atoms with Crippen LogP contribution in [0.1, 0.15) is 18.4 Å². The summed E-state index contributed by atoms with van der Waals surface area (Å²) in [6.45, 7) is 0.384. The van der Waals surface area contributed by atoms with Crippen LogP contribution in [0.25, 0.3) is 0 Å². The highest BCUT2D eigenvalue weighted by Gasteiger charge is 2.36. The first-order valence-corrected chi connectivity index (χ1v) is 7.02. The number of urea groups is 1. The van der Waals surface area contributed by atoms with Crippen molar-refractivity contribution in [2.45, 2.75) is 19.0 Å². The zero-order valence-electron chi connectivity index (χ0n) is 11.8. The minimum atomic E-state index is -0.821. The van der Waals surface area contributed by atoms with Gasteiger partial charge in [0.05, 0.1) is 0 Å². The normalized spacial score (nSPS) is 17.1. The molecule has 122 valence electrons. The number of alkyl halides is 1. The van der Waals surface area contributed by atoms with Gasteiger partial charge in [0.2, 0.25) is 6.17 Å². The maximum Gasteiger partial charge on any atom is 0.326 e. The number of aliphatic imine (C=N–C) groups is 1. The molecule has 22 heavy (non-hydrogen) atoms. The fourth-order valence-electron chi connectivity index (χ4n) is 1.88. The Morgan fingerprint density at radius 2 is 1.86 bits per heavy atom. The molecule has 3 amide bonds. The number of nitrogens with one attached hydrogen (secondary N) is 1.